The molecule has 2 heteroatoms. The van der Waals surface area contributed by atoms with E-state index in [1.807, 2.05) is 6.08 Å². The first-order valence-electron chi connectivity index (χ1n) is 5.77. The van der Waals surface area contributed by atoms with Crippen molar-refractivity contribution in [2.75, 3.05) is 18.0 Å². The Morgan fingerprint density at radius 3 is 2.81 bits per heavy atom. The number of para-hydroxylation sites is 1. The summed E-state index contributed by atoms with van der Waals surface area (Å²) in [6.07, 6.45) is 3.96. The van der Waals surface area contributed by atoms with E-state index in [1.165, 1.54) is 11.3 Å². The van der Waals surface area contributed by atoms with Gasteiger partial charge < -0.3 is 4.90 Å². The minimum atomic E-state index is 0.861. The van der Waals surface area contributed by atoms with Crippen LogP contribution < -0.4 is 4.90 Å². The lowest BCUT2D eigenvalue weighted by atomic mass is 10.1. The summed E-state index contributed by atoms with van der Waals surface area (Å²) in [7, 11) is 0. The summed E-state index contributed by atoms with van der Waals surface area (Å²) in [5.74, 6) is 0. The predicted octanol–water partition coefficient (Wildman–Crippen LogP) is 2.91. The second-order valence-electron chi connectivity index (χ2n) is 4.02. The van der Waals surface area contributed by atoms with Crippen molar-refractivity contribution in [3.05, 3.63) is 41.5 Å². The molecule has 0 saturated carbocycles. The zero-order valence-electron chi connectivity index (χ0n) is 9.61. The van der Waals surface area contributed by atoms with Crippen LogP contribution in [0.3, 0.4) is 0 Å². The van der Waals surface area contributed by atoms with E-state index in [0.29, 0.717) is 0 Å². The van der Waals surface area contributed by atoms with Crippen LogP contribution in [0, 0.1) is 11.3 Å². The third kappa shape index (κ3) is 2.09. The number of benzene rings is 1. The number of rotatable bonds is 2. The largest absolute Gasteiger partial charge is 0.367 e. The zero-order valence-corrected chi connectivity index (χ0v) is 9.61. The Morgan fingerprint density at radius 2 is 2.19 bits per heavy atom. The first kappa shape index (κ1) is 10.8. The van der Waals surface area contributed by atoms with Crippen molar-refractivity contribution in [2.45, 2.75) is 19.8 Å². The third-order valence-corrected chi connectivity index (χ3v) is 3.07. The minimum Gasteiger partial charge on any atom is -0.367 e. The lowest BCUT2D eigenvalue weighted by Gasteiger charge is -2.28. The van der Waals surface area contributed by atoms with Crippen molar-refractivity contribution >= 4 is 5.69 Å². The molecule has 0 spiro atoms. The van der Waals surface area contributed by atoms with Gasteiger partial charge in [-0.05, 0) is 24.5 Å². The second-order valence-corrected chi connectivity index (χ2v) is 4.02. The molecule has 1 aromatic rings. The van der Waals surface area contributed by atoms with Crippen LogP contribution in [0.5, 0.6) is 0 Å². The molecule has 2 nitrogen and oxygen atoms in total. The summed E-state index contributed by atoms with van der Waals surface area (Å²) in [6.45, 7) is 4.00. The number of nitrogens with zero attached hydrogens (tertiary/aromatic N) is 2. The molecule has 1 aliphatic rings. The maximum atomic E-state index is 8.81. The van der Waals surface area contributed by atoms with Crippen LogP contribution in [-0.4, -0.2) is 13.1 Å². The summed E-state index contributed by atoms with van der Waals surface area (Å²) in [4.78, 5) is 2.35. The highest BCUT2D eigenvalue weighted by Crippen LogP contribution is 2.23. The molecule has 1 aliphatic heterocycles. The van der Waals surface area contributed by atoms with Gasteiger partial charge in [-0.3, -0.25) is 0 Å². The van der Waals surface area contributed by atoms with Crippen LogP contribution in [-0.2, 0) is 6.42 Å². The predicted molar refractivity (Wildman–Crippen MR) is 66.3 cm³/mol. The van der Waals surface area contributed by atoms with Gasteiger partial charge in [-0.25, -0.2) is 0 Å². The second kappa shape index (κ2) is 4.85. The van der Waals surface area contributed by atoms with Crippen LogP contribution in [0.4, 0.5) is 5.69 Å². The molecule has 0 radical (unpaired) electrons. The molecular weight excluding hydrogens is 196 g/mol. The molecule has 0 atom stereocenters. The van der Waals surface area contributed by atoms with E-state index in [9.17, 15) is 0 Å². The van der Waals surface area contributed by atoms with Gasteiger partial charge >= 0.3 is 0 Å². The molecule has 1 heterocycles. The van der Waals surface area contributed by atoms with E-state index < -0.39 is 0 Å². The molecule has 16 heavy (non-hydrogen) atoms. The van der Waals surface area contributed by atoms with Gasteiger partial charge in [0.05, 0.1) is 6.07 Å². The number of nitriles is 1. The van der Waals surface area contributed by atoms with E-state index in [1.54, 1.807) is 0 Å². The van der Waals surface area contributed by atoms with Gasteiger partial charge in [0.2, 0.25) is 0 Å². The maximum absolute atomic E-state index is 8.81. The van der Waals surface area contributed by atoms with E-state index in [-0.39, 0.29) is 0 Å². The van der Waals surface area contributed by atoms with Crippen LogP contribution in [0.25, 0.3) is 0 Å². The van der Waals surface area contributed by atoms with Crippen LogP contribution in [0.2, 0.25) is 0 Å². The smallest absolute Gasteiger partial charge is 0.0945 e. The Balaban J connectivity index is 2.21. The molecule has 0 aliphatic carbocycles. The summed E-state index contributed by atoms with van der Waals surface area (Å²) >= 11 is 0. The van der Waals surface area contributed by atoms with Gasteiger partial charge in [0.15, 0.2) is 0 Å². The van der Waals surface area contributed by atoms with Gasteiger partial charge in [-0.2, -0.15) is 5.26 Å². The first-order chi connectivity index (χ1) is 7.85. The average Bonchev–Trinajstić information content (AvgIpc) is 2.39. The molecule has 0 amide bonds. The zero-order chi connectivity index (χ0) is 11.4. The molecule has 2 rings (SSSR count). The highest BCUT2D eigenvalue weighted by Gasteiger charge is 2.13. The van der Waals surface area contributed by atoms with Crippen molar-refractivity contribution in [2.24, 2.45) is 0 Å². The summed E-state index contributed by atoms with van der Waals surface area (Å²) in [6, 6.07) is 10.8. The lowest BCUT2D eigenvalue weighted by Crippen LogP contribution is -2.29. The standard InChI is InChI=1S/C14H16N2/c1-2-13-5-3-4-6-14(13)16-9-7-12(11-15)8-10-16/h3-7H,2,8-10H2,1H3. The summed E-state index contributed by atoms with van der Waals surface area (Å²) < 4.78 is 0. The highest BCUT2D eigenvalue weighted by molar-refractivity contribution is 5.55. The van der Waals surface area contributed by atoms with Crippen LogP contribution >= 0.6 is 0 Å². The Labute approximate surface area is 96.8 Å². The number of hydrogen-bond acceptors (Lipinski definition) is 2. The van der Waals surface area contributed by atoms with Crippen molar-refractivity contribution in [3.63, 3.8) is 0 Å². The minimum absolute atomic E-state index is 0.861. The van der Waals surface area contributed by atoms with Gasteiger partial charge in [-0.15, -0.1) is 0 Å². The first-order valence-corrected chi connectivity index (χ1v) is 5.77. The third-order valence-electron chi connectivity index (χ3n) is 3.07. The number of hydrogen-bond donors (Lipinski definition) is 0. The van der Waals surface area contributed by atoms with Gasteiger partial charge in [0.25, 0.3) is 0 Å². The Bertz CT molecular complexity index is 440. The van der Waals surface area contributed by atoms with Gasteiger partial charge in [-0.1, -0.05) is 31.2 Å². The van der Waals surface area contributed by atoms with Crippen molar-refractivity contribution < 1.29 is 0 Å². The summed E-state index contributed by atoms with van der Waals surface area (Å²) in [5.41, 5.74) is 3.62. The van der Waals surface area contributed by atoms with Crippen molar-refractivity contribution in [1.82, 2.24) is 0 Å². The molecule has 0 fully saturated rings. The molecule has 1 aromatic carbocycles. The van der Waals surface area contributed by atoms with E-state index in [4.69, 9.17) is 5.26 Å². The lowest BCUT2D eigenvalue weighted by molar-refractivity contribution is 0.796. The summed E-state index contributed by atoms with van der Waals surface area (Å²) in [5, 5.41) is 8.81. The van der Waals surface area contributed by atoms with Crippen molar-refractivity contribution in [3.8, 4) is 6.07 Å². The molecule has 0 N–H and O–H groups in total. The molecule has 0 aromatic heterocycles. The van der Waals surface area contributed by atoms with Crippen molar-refractivity contribution in [1.29, 1.82) is 5.26 Å². The van der Waals surface area contributed by atoms with E-state index >= 15 is 0 Å². The fourth-order valence-electron chi connectivity index (χ4n) is 2.11. The SMILES string of the molecule is CCc1ccccc1N1CC=C(C#N)CC1. The fourth-order valence-corrected chi connectivity index (χ4v) is 2.11. The number of aryl methyl sites for hydroxylation is 1. The average molecular weight is 212 g/mol. The Hall–Kier alpha value is -1.75. The highest BCUT2D eigenvalue weighted by atomic mass is 15.1. The quantitative estimate of drug-likeness (QED) is 0.753. The Morgan fingerprint density at radius 1 is 1.38 bits per heavy atom. The van der Waals surface area contributed by atoms with E-state index in [2.05, 4.69) is 42.2 Å². The Kier molecular flexibility index (Phi) is 3.26. The fraction of sp³-hybridized carbons (Fsp3) is 0.357. The molecule has 0 saturated heterocycles. The number of anilines is 1. The monoisotopic (exact) mass is 212 g/mol. The van der Waals surface area contributed by atoms with Crippen LogP contribution in [0.1, 0.15) is 18.9 Å². The molecule has 0 unspecified atom stereocenters. The molecule has 82 valence electrons. The topological polar surface area (TPSA) is 27.0 Å². The normalized spacial score (nSPS) is 15.5. The molecule has 0 bridgehead atoms. The maximum Gasteiger partial charge on any atom is 0.0945 e. The van der Waals surface area contributed by atoms with Crippen LogP contribution in [0.15, 0.2) is 35.9 Å². The van der Waals surface area contributed by atoms with Gasteiger partial charge in [0, 0.05) is 24.4 Å². The molecular formula is C14H16N2. The van der Waals surface area contributed by atoms with Gasteiger partial charge in [0.1, 0.15) is 0 Å². The van der Waals surface area contributed by atoms with E-state index in [0.717, 1.165) is 31.5 Å².